The molecule has 1 heteroatoms. The zero-order chi connectivity index (χ0) is 14.0. The van der Waals surface area contributed by atoms with Gasteiger partial charge in [-0.25, -0.2) is 0 Å². The van der Waals surface area contributed by atoms with Crippen molar-refractivity contribution in [3.63, 3.8) is 0 Å². The van der Waals surface area contributed by atoms with Gasteiger partial charge in [0.15, 0.2) is 0 Å². The normalized spacial score (nSPS) is 17.8. The summed E-state index contributed by atoms with van der Waals surface area (Å²) in [6, 6.07) is 6.65. The lowest BCUT2D eigenvalue weighted by Gasteiger charge is -2.29. The summed E-state index contributed by atoms with van der Waals surface area (Å²) in [5.74, 6) is 1.78. The average molecular weight is 260 g/mol. The van der Waals surface area contributed by atoms with Crippen molar-refractivity contribution in [1.82, 2.24) is 0 Å². The van der Waals surface area contributed by atoms with Gasteiger partial charge in [0, 0.05) is 0 Å². The second-order valence-corrected chi connectivity index (χ2v) is 6.75. The smallest absolute Gasteiger partial charge is 0.0795 e. The molecule has 0 heterocycles. The van der Waals surface area contributed by atoms with Crippen molar-refractivity contribution in [2.75, 3.05) is 0 Å². The second kappa shape index (κ2) is 6.09. The maximum Gasteiger partial charge on any atom is 0.0795 e. The number of hydrogen-bond donors (Lipinski definition) is 1. The molecule has 1 atom stereocenters. The van der Waals surface area contributed by atoms with E-state index in [0.29, 0.717) is 11.8 Å². The van der Waals surface area contributed by atoms with Crippen molar-refractivity contribution in [2.24, 2.45) is 5.92 Å². The molecule has 106 valence electrons. The predicted octanol–water partition coefficient (Wildman–Crippen LogP) is 5.16. The largest absolute Gasteiger partial charge is 0.388 e. The van der Waals surface area contributed by atoms with Crippen LogP contribution in [0.25, 0.3) is 0 Å². The van der Waals surface area contributed by atoms with E-state index in [1.165, 1.54) is 30.4 Å². The lowest BCUT2D eigenvalue weighted by atomic mass is 9.79. The minimum absolute atomic E-state index is 0.274. The Morgan fingerprint density at radius 3 is 2.21 bits per heavy atom. The first kappa shape index (κ1) is 14.6. The average Bonchev–Trinajstić information content (AvgIpc) is 2.32. The Morgan fingerprint density at radius 2 is 1.74 bits per heavy atom. The topological polar surface area (TPSA) is 20.2 Å². The molecule has 0 aromatic heterocycles. The molecule has 0 saturated heterocycles. The van der Waals surface area contributed by atoms with E-state index < -0.39 is 0 Å². The van der Waals surface area contributed by atoms with Gasteiger partial charge in [-0.2, -0.15) is 0 Å². The van der Waals surface area contributed by atoms with Gasteiger partial charge in [-0.05, 0) is 40.9 Å². The highest BCUT2D eigenvalue weighted by Crippen LogP contribution is 2.37. The first-order valence-corrected chi connectivity index (χ1v) is 7.80. The number of benzene rings is 1. The molecule has 0 spiro atoms. The van der Waals surface area contributed by atoms with Crippen molar-refractivity contribution >= 4 is 0 Å². The minimum atomic E-state index is -0.274. The van der Waals surface area contributed by atoms with Gasteiger partial charge in [-0.1, -0.05) is 65.2 Å². The highest BCUT2D eigenvalue weighted by Gasteiger charge is 2.23. The van der Waals surface area contributed by atoms with E-state index in [4.69, 9.17) is 0 Å². The second-order valence-electron chi connectivity index (χ2n) is 6.75. The third kappa shape index (κ3) is 3.39. The fourth-order valence-electron chi connectivity index (χ4n) is 2.93. The van der Waals surface area contributed by atoms with Crippen LogP contribution in [0.15, 0.2) is 18.2 Å². The Bertz CT molecular complexity index is 416. The fourth-order valence-corrected chi connectivity index (χ4v) is 2.93. The molecule has 1 aliphatic carbocycles. The van der Waals surface area contributed by atoms with Crippen molar-refractivity contribution in [3.8, 4) is 0 Å². The van der Waals surface area contributed by atoms with Crippen LogP contribution in [0.2, 0.25) is 0 Å². The minimum Gasteiger partial charge on any atom is -0.388 e. The molecular weight excluding hydrogens is 232 g/mol. The summed E-state index contributed by atoms with van der Waals surface area (Å²) >= 11 is 0. The van der Waals surface area contributed by atoms with Gasteiger partial charge < -0.3 is 5.11 Å². The molecule has 19 heavy (non-hydrogen) atoms. The van der Waals surface area contributed by atoms with Crippen molar-refractivity contribution in [2.45, 2.75) is 71.3 Å². The molecule has 0 aliphatic heterocycles. The number of rotatable bonds is 5. The van der Waals surface area contributed by atoms with Crippen LogP contribution in [-0.4, -0.2) is 5.11 Å². The quantitative estimate of drug-likeness (QED) is 0.775. The summed E-state index contributed by atoms with van der Waals surface area (Å²) < 4.78 is 0. The van der Waals surface area contributed by atoms with Crippen LogP contribution >= 0.6 is 0 Å². The molecule has 1 saturated carbocycles. The number of aliphatic hydroxyl groups excluding tert-OH is 1. The van der Waals surface area contributed by atoms with E-state index in [1.54, 1.807) is 0 Å². The Hall–Kier alpha value is -0.820. The SMILES string of the molecule is CC(C)c1ccc(C(O)CC2CCC2)c(C(C)C)c1. The standard InChI is InChI=1S/C18H28O/c1-12(2)15-8-9-16(17(11-15)13(3)4)18(19)10-14-6-5-7-14/h8-9,11-14,18-19H,5-7,10H2,1-4H3. The lowest BCUT2D eigenvalue weighted by molar-refractivity contribution is 0.117. The molecule has 2 rings (SSSR count). The summed E-state index contributed by atoms with van der Waals surface area (Å²) in [7, 11) is 0. The zero-order valence-corrected chi connectivity index (χ0v) is 12.8. The van der Waals surface area contributed by atoms with E-state index in [0.717, 1.165) is 17.9 Å². The summed E-state index contributed by atoms with van der Waals surface area (Å²) in [6.07, 6.45) is 4.63. The molecule has 1 aliphatic rings. The number of aliphatic hydroxyl groups is 1. The van der Waals surface area contributed by atoms with Gasteiger partial charge in [-0.3, -0.25) is 0 Å². The fraction of sp³-hybridized carbons (Fsp3) is 0.667. The predicted molar refractivity (Wildman–Crippen MR) is 81.5 cm³/mol. The van der Waals surface area contributed by atoms with Crippen LogP contribution in [0.1, 0.15) is 88.0 Å². The van der Waals surface area contributed by atoms with Gasteiger partial charge >= 0.3 is 0 Å². The Kier molecular flexibility index (Phi) is 4.67. The van der Waals surface area contributed by atoms with E-state index in [9.17, 15) is 5.11 Å². The van der Waals surface area contributed by atoms with Crippen LogP contribution in [-0.2, 0) is 0 Å². The molecule has 0 radical (unpaired) electrons. The zero-order valence-electron chi connectivity index (χ0n) is 12.8. The van der Waals surface area contributed by atoms with Crippen LogP contribution in [0, 0.1) is 5.92 Å². The Morgan fingerprint density at radius 1 is 1.05 bits per heavy atom. The molecule has 0 amide bonds. The van der Waals surface area contributed by atoms with E-state index in [-0.39, 0.29) is 6.10 Å². The highest BCUT2D eigenvalue weighted by molar-refractivity contribution is 5.37. The summed E-state index contributed by atoms with van der Waals surface area (Å²) in [5.41, 5.74) is 3.87. The summed E-state index contributed by atoms with van der Waals surface area (Å²) in [5, 5.41) is 10.5. The lowest BCUT2D eigenvalue weighted by Crippen LogP contribution is -2.16. The van der Waals surface area contributed by atoms with Crippen LogP contribution in [0.4, 0.5) is 0 Å². The molecule has 1 fully saturated rings. The molecular formula is C18H28O. The first-order chi connectivity index (χ1) is 8.99. The summed E-state index contributed by atoms with van der Waals surface area (Å²) in [6.45, 7) is 8.89. The van der Waals surface area contributed by atoms with E-state index >= 15 is 0 Å². The molecule has 1 aromatic carbocycles. The highest BCUT2D eigenvalue weighted by atomic mass is 16.3. The monoisotopic (exact) mass is 260 g/mol. The van der Waals surface area contributed by atoms with E-state index in [2.05, 4.69) is 45.9 Å². The van der Waals surface area contributed by atoms with Gasteiger partial charge in [0.2, 0.25) is 0 Å². The Labute approximate surface area is 118 Å². The van der Waals surface area contributed by atoms with Crippen LogP contribution < -0.4 is 0 Å². The van der Waals surface area contributed by atoms with Gasteiger partial charge in [0.05, 0.1) is 6.10 Å². The molecule has 1 unspecified atom stereocenters. The van der Waals surface area contributed by atoms with E-state index in [1.807, 2.05) is 0 Å². The third-order valence-corrected chi connectivity index (χ3v) is 4.54. The third-order valence-electron chi connectivity index (χ3n) is 4.54. The maximum absolute atomic E-state index is 10.5. The molecule has 1 N–H and O–H groups in total. The molecule has 0 bridgehead atoms. The maximum atomic E-state index is 10.5. The van der Waals surface area contributed by atoms with Crippen molar-refractivity contribution < 1.29 is 5.11 Å². The first-order valence-electron chi connectivity index (χ1n) is 7.80. The Balaban J connectivity index is 2.22. The summed E-state index contributed by atoms with van der Waals surface area (Å²) in [4.78, 5) is 0. The van der Waals surface area contributed by atoms with Crippen molar-refractivity contribution in [1.29, 1.82) is 0 Å². The molecule has 1 aromatic rings. The number of hydrogen-bond acceptors (Lipinski definition) is 1. The van der Waals surface area contributed by atoms with Gasteiger partial charge in [0.25, 0.3) is 0 Å². The molecule has 1 nitrogen and oxygen atoms in total. The van der Waals surface area contributed by atoms with Gasteiger partial charge in [-0.15, -0.1) is 0 Å². The van der Waals surface area contributed by atoms with Gasteiger partial charge in [0.1, 0.15) is 0 Å². The van der Waals surface area contributed by atoms with Crippen LogP contribution in [0.5, 0.6) is 0 Å². The van der Waals surface area contributed by atoms with Crippen molar-refractivity contribution in [3.05, 3.63) is 34.9 Å². The van der Waals surface area contributed by atoms with Crippen LogP contribution in [0.3, 0.4) is 0 Å².